The maximum atomic E-state index is 12.5. The Hall–Kier alpha value is -2.55. The van der Waals surface area contributed by atoms with Gasteiger partial charge in [0.05, 0.1) is 6.42 Å². The molecule has 0 unspecified atom stereocenters. The van der Waals surface area contributed by atoms with E-state index in [1.807, 2.05) is 37.4 Å². The fourth-order valence-electron chi connectivity index (χ4n) is 3.01. The Labute approximate surface area is 136 Å². The number of aryl methyl sites for hydroxylation is 3. The first-order valence-corrected chi connectivity index (χ1v) is 7.87. The van der Waals surface area contributed by atoms with Crippen molar-refractivity contribution in [2.75, 3.05) is 5.32 Å². The number of carbonyl (C=O) groups is 1. The maximum Gasteiger partial charge on any atom is 0.228 e. The molecule has 0 aliphatic heterocycles. The summed E-state index contributed by atoms with van der Waals surface area (Å²) in [5.74, 6) is 0.0210. The number of fused-ring (bicyclic) bond motifs is 1. The van der Waals surface area contributed by atoms with Crippen LogP contribution in [0.2, 0.25) is 0 Å². The van der Waals surface area contributed by atoms with Gasteiger partial charge in [-0.2, -0.15) is 0 Å². The topological polar surface area (TPSA) is 34.0 Å². The van der Waals surface area contributed by atoms with Gasteiger partial charge in [0.2, 0.25) is 5.91 Å². The average Bonchev–Trinajstić information content (AvgIpc) is 2.76. The monoisotopic (exact) mass is 306 g/mol. The molecule has 0 fully saturated rings. The van der Waals surface area contributed by atoms with E-state index in [1.54, 1.807) is 0 Å². The van der Waals surface area contributed by atoms with E-state index in [0.29, 0.717) is 6.42 Å². The van der Waals surface area contributed by atoms with Gasteiger partial charge in [0.1, 0.15) is 0 Å². The fraction of sp³-hybridized carbons (Fsp3) is 0.250. The van der Waals surface area contributed by atoms with Crippen LogP contribution in [0.3, 0.4) is 0 Å². The molecule has 3 aromatic rings. The Morgan fingerprint density at radius 1 is 1.04 bits per heavy atom. The molecule has 0 spiro atoms. The highest BCUT2D eigenvalue weighted by molar-refractivity contribution is 5.96. The molecule has 0 atom stereocenters. The van der Waals surface area contributed by atoms with E-state index >= 15 is 0 Å². The van der Waals surface area contributed by atoms with Crippen LogP contribution in [0.5, 0.6) is 0 Å². The van der Waals surface area contributed by atoms with Gasteiger partial charge in [-0.15, -0.1) is 0 Å². The number of rotatable bonds is 3. The minimum Gasteiger partial charge on any atom is -0.348 e. The molecule has 0 aliphatic carbocycles. The summed E-state index contributed by atoms with van der Waals surface area (Å²) < 4.78 is 2.15. The molecule has 3 rings (SSSR count). The molecule has 1 N–H and O–H groups in total. The largest absolute Gasteiger partial charge is 0.348 e. The first kappa shape index (κ1) is 15.3. The number of nitrogens with zero attached hydrogens (tertiary/aromatic N) is 1. The Morgan fingerprint density at radius 2 is 1.78 bits per heavy atom. The van der Waals surface area contributed by atoms with E-state index in [4.69, 9.17) is 0 Å². The van der Waals surface area contributed by atoms with Crippen molar-refractivity contribution in [3.8, 4) is 0 Å². The Kier molecular flexibility index (Phi) is 3.95. The molecule has 0 aliphatic rings. The number of aromatic nitrogens is 1. The molecular weight excluding hydrogens is 284 g/mol. The number of benzene rings is 2. The van der Waals surface area contributed by atoms with Gasteiger partial charge in [-0.3, -0.25) is 4.79 Å². The molecule has 2 aromatic carbocycles. The molecule has 0 saturated carbocycles. The van der Waals surface area contributed by atoms with Crippen LogP contribution >= 0.6 is 0 Å². The number of hydrogen-bond donors (Lipinski definition) is 1. The van der Waals surface area contributed by atoms with Crippen LogP contribution in [-0.4, -0.2) is 10.5 Å². The zero-order chi connectivity index (χ0) is 16.6. The zero-order valence-corrected chi connectivity index (χ0v) is 14.1. The first-order valence-electron chi connectivity index (χ1n) is 7.87. The second-order valence-corrected chi connectivity index (χ2v) is 6.16. The summed E-state index contributed by atoms with van der Waals surface area (Å²) in [6.07, 6.45) is 0.389. The summed E-state index contributed by atoms with van der Waals surface area (Å²) in [7, 11) is 2.04. The van der Waals surface area contributed by atoms with Crippen molar-refractivity contribution in [1.29, 1.82) is 0 Å². The maximum absolute atomic E-state index is 12.5. The van der Waals surface area contributed by atoms with Crippen LogP contribution in [0, 0.1) is 20.8 Å². The molecule has 0 bridgehead atoms. The van der Waals surface area contributed by atoms with Crippen molar-refractivity contribution in [3.63, 3.8) is 0 Å². The predicted molar refractivity (Wildman–Crippen MR) is 95.9 cm³/mol. The number of carbonyl (C=O) groups excluding carboxylic acids is 1. The van der Waals surface area contributed by atoms with E-state index in [9.17, 15) is 4.79 Å². The Balaban J connectivity index is 1.86. The highest BCUT2D eigenvalue weighted by Crippen LogP contribution is 2.25. The van der Waals surface area contributed by atoms with Crippen molar-refractivity contribution in [1.82, 2.24) is 4.57 Å². The van der Waals surface area contributed by atoms with E-state index in [-0.39, 0.29) is 5.91 Å². The van der Waals surface area contributed by atoms with Gasteiger partial charge in [-0.05, 0) is 55.7 Å². The van der Waals surface area contributed by atoms with Crippen molar-refractivity contribution >= 4 is 22.5 Å². The minimum atomic E-state index is 0.0210. The molecule has 0 saturated heterocycles. The van der Waals surface area contributed by atoms with E-state index in [2.05, 4.69) is 42.8 Å². The molecule has 118 valence electrons. The molecule has 3 nitrogen and oxygen atoms in total. The predicted octanol–water partition coefficient (Wildman–Crippen LogP) is 4.28. The van der Waals surface area contributed by atoms with Gasteiger partial charge < -0.3 is 9.88 Å². The number of hydrogen-bond acceptors (Lipinski definition) is 1. The third-order valence-corrected chi connectivity index (χ3v) is 4.66. The van der Waals surface area contributed by atoms with Crippen LogP contribution in [0.15, 0.2) is 42.5 Å². The lowest BCUT2D eigenvalue weighted by molar-refractivity contribution is -0.115. The van der Waals surface area contributed by atoms with Crippen molar-refractivity contribution in [2.24, 2.45) is 7.05 Å². The third kappa shape index (κ3) is 2.87. The minimum absolute atomic E-state index is 0.0210. The molecule has 0 radical (unpaired) electrons. The molecule has 23 heavy (non-hydrogen) atoms. The van der Waals surface area contributed by atoms with Crippen molar-refractivity contribution in [2.45, 2.75) is 27.2 Å². The second-order valence-electron chi connectivity index (χ2n) is 6.16. The van der Waals surface area contributed by atoms with Gasteiger partial charge >= 0.3 is 0 Å². The van der Waals surface area contributed by atoms with Gasteiger partial charge in [0.15, 0.2) is 0 Å². The lowest BCUT2D eigenvalue weighted by atomic mass is 10.1. The lowest BCUT2D eigenvalue weighted by Crippen LogP contribution is -2.15. The summed E-state index contributed by atoms with van der Waals surface area (Å²) in [6, 6.07) is 14.2. The van der Waals surface area contributed by atoms with E-state index in [0.717, 1.165) is 22.3 Å². The summed E-state index contributed by atoms with van der Waals surface area (Å²) >= 11 is 0. The smallest absolute Gasteiger partial charge is 0.228 e. The molecular formula is C20H22N2O. The molecule has 1 aromatic heterocycles. The molecule has 1 heterocycles. The number of para-hydroxylation sites is 1. The number of amides is 1. The zero-order valence-electron chi connectivity index (χ0n) is 14.1. The van der Waals surface area contributed by atoms with Crippen LogP contribution in [0.25, 0.3) is 10.9 Å². The fourth-order valence-corrected chi connectivity index (χ4v) is 3.01. The quantitative estimate of drug-likeness (QED) is 0.769. The van der Waals surface area contributed by atoms with Gasteiger partial charge in [0.25, 0.3) is 0 Å². The summed E-state index contributed by atoms with van der Waals surface area (Å²) in [6.45, 7) is 6.19. The highest BCUT2D eigenvalue weighted by Gasteiger charge is 2.14. The van der Waals surface area contributed by atoms with E-state index in [1.165, 1.54) is 16.6 Å². The van der Waals surface area contributed by atoms with Gasteiger partial charge in [-0.25, -0.2) is 0 Å². The molecule has 1 amide bonds. The van der Waals surface area contributed by atoms with Crippen LogP contribution in [-0.2, 0) is 18.3 Å². The standard InChI is InChI=1S/C20H22N2O/c1-13-9-10-16(11-14(13)2)21-20(23)12-18-15(3)22(4)19-8-6-5-7-17(18)19/h5-11H,12H2,1-4H3,(H,21,23). The van der Waals surface area contributed by atoms with Gasteiger partial charge in [0, 0.05) is 29.3 Å². The highest BCUT2D eigenvalue weighted by atomic mass is 16.1. The van der Waals surface area contributed by atoms with Crippen molar-refractivity contribution in [3.05, 3.63) is 64.8 Å². The summed E-state index contributed by atoms with van der Waals surface area (Å²) in [5, 5.41) is 4.17. The Bertz CT molecular complexity index is 890. The normalized spacial score (nSPS) is 11.0. The Morgan fingerprint density at radius 3 is 2.52 bits per heavy atom. The van der Waals surface area contributed by atoms with E-state index < -0.39 is 0 Å². The summed E-state index contributed by atoms with van der Waals surface area (Å²) in [4.78, 5) is 12.5. The third-order valence-electron chi connectivity index (χ3n) is 4.66. The van der Waals surface area contributed by atoms with Crippen molar-refractivity contribution < 1.29 is 4.79 Å². The van der Waals surface area contributed by atoms with Gasteiger partial charge in [-0.1, -0.05) is 24.3 Å². The van der Waals surface area contributed by atoms with Crippen LogP contribution in [0.1, 0.15) is 22.4 Å². The molecule has 3 heteroatoms. The van der Waals surface area contributed by atoms with Crippen LogP contribution in [0.4, 0.5) is 5.69 Å². The number of anilines is 1. The summed E-state index contributed by atoms with van der Waals surface area (Å²) in [5.41, 5.74) is 6.68. The second kappa shape index (κ2) is 5.92. The first-order chi connectivity index (χ1) is 11.0. The lowest BCUT2D eigenvalue weighted by Gasteiger charge is -2.08. The number of nitrogens with one attached hydrogen (secondary N) is 1. The van der Waals surface area contributed by atoms with Crippen LogP contribution < -0.4 is 5.32 Å². The SMILES string of the molecule is Cc1ccc(NC(=O)Cc2c(C)n(C)c3ccccc23)cc1C. The average molecular weight is 306 g/mol.